The monoisotopic (exact) mass is 371 g/mol. The second kappa shape index (κ2) is 6.42. The Labute approximate surface area is 158 Å². The molecule has 3 aliphatic heterocycles. The predicted octanol–water partition coefficient (Wildman–Crippen LogP) is 1.10. The molecule has 0 bridgehead atoms. The summed E-state index contributed by atoms with van der Waals surface area (Å²) in [5.41, 5.74) is 0.274. The number of hydrogen-bond acceptors (Lipinski definition) is 5. The number of nitrogens with one attached hydrogen (secondary N) is 2. The fraction of sp³-hybridized carbons (Fsp3) is 0.550. The maximum atomic E-state index is 13.3. The minimum Gasteiger partial charge on any atom is -0.383 e. The zero-order chi connectivity index (χ0) is 19.3. The number of para-hydroxylation sites is 1. The molecule has 7 nitrogen and oxygen atoms in total. The van der Waals surface area contributed by atoms with Crippen LogP contribution >= 0.6 is 0 Å². The van der Waals surface area contributed by atoms with Crippen molar-refractivity contribution in [2.24, 2.45) is 17.8 Å². The van der Waals surface area contributed by atoms with E-state index in [1.807, 2.05) is 24.3 Å². The number of methoxy groups -OCH3 is 1. The molecule has 144 valence electrons. The summed E-state index contributed by atoms with van der Waals surface area (Å²) in [5, 5.41) is 6.33. The van der Waals surface area contributed by atoms with Crippen LogP contribution in [-0.4, -0.2) is 48.9 Å². The number of ether oxygens (including phenoxy) is 1. The molecular formula is C20H25N3O4. The predicted molar refractivity (Wildman–Crippen MR) is 98.7 cm³/mol. The molecule has 2 saturated heterocycles. The third-order valence-electron chi connectivity index (χ3n) is 5.96. The number of anilines is 1. The molecule has 2 fully saturated rings. The molecule has 4 unspecified atom stereocenters. The maximum Gasteiger partial charge on any atom is 0.250 e. The highest BCUT2D eigenvalue weighted by atomic mass is 16.5. The van der Waals surface area contributed by atoms with E-state index in [0.29, 0.717) is 11.6 Å². The molecule has 4 atom stereocenters. The molecule has 3 heterocycles. The van der Waals surface area contributed by atoms with E-state index in [0.717, 1.165) is 12.0 Å². The average Bonchev–Trinajstić information content (AvgIpc) is 3.19. The summed E-state index contributed by atoms with van der Waals surface area (Å²) in [6.07, 6.45) is 0.718. The van der Waals surface area contributed by atoms with E-state index in [2.05, 4.69) is 24.5 Å². The van der Waals surface area contributed by atoms with Gasteiger partial charge in [-0.15, -0.1) is 0 Å². The van der Waals surface area contributed by atoms with Crippen molar-refractivity contribution < 1.29 is 19.1 Å². The van der Waals surface area contributed by atoms with Crippen molar-refractivity contribution >= 4 is 23.4 Å². The van der Waals surface area contributed by atoms with Crippen molar-refractivity contribution in [3.63, 3.8) is 0 Å². The molecule has 0 saturated carbocycles. The van der Waals surface area contributed by atoms with Crippen molar-refractivity contribution in [3.05, 3.63) is 29.8 Å². The van der Waals surface area contributed by atoms with E-state index in [-0.39, 0.29) is 36.9 Å². The third kappa shape index (κ3) is 2.45. The highest BCUT2D eigenvalue weighted by molar-refractivity contribution is 6.15. The fourth-order valence-electron chi connectivity index (χ4n) is 4.93. The van der Waals surface area contributed by atoms with E-state index in [1.54, 1.807) is 0 Å². The minimum absolute atomic E-state index is 0.200. The van der Waals surface area contributed by atoms with E-state index >= 15 is 0 Å². The molecule has 7 heteroatoms. The number of imide groups is 1. The quantitative estimate of drug-likeness (QED) is 0.757. The zero-order valence-corrected chi connectivity index (χ0v) is 15.8. The van der Waals surface area contributed by atoms with Gasteiger partial charge in [0.25, 0.3) is 0 Å². The van der Waals surface area contributed by atoms with Crippen LogP contribution in [0.3, 0.4) is 0 Å². The van der Waals surface area contributed by atoms with E-state index in [1.165, 1.54) is 12.0 Å². The van der Waals surface area contributed by atoms with Gasteiger partial charge in [-0.1, -0.05) is 32.0 Å². The first-order valence-corrected chi connectivity index (χ1v) is 9.44. The Hall–Kier alpha value is -2.25. The normalized spacial score (nSPS) is 31.8. The Bertz CT molecular complexity index is 808. The van der Waals surface area contributed by atoms with Gasteiger partial charge in [0.15, 0.2) is 0 Å². The van der Waals surface area contributed by atoms with Crippen LogP contribution < -0.4 is 10.6 Å². The van der Waals surface area contributed by atoms with Crippen LogP contribution in [0.15, 0.2) is 24.3 Å². The second-order valence-corrected chi connectivity index (χ2v) is 8.01. The maximum absolute atomic E-state index is 13.3. The number of carbonyl (C=O) groups is 3. The van der Waals surface area contributed by atoms with E-state index in [9.17, 15) is 14.4 Å². The third-order valence-corrected chi connectivity index (χ3v) is 5.96. The van der Waals surface area contributed by atoms with Gasteiger partial charge in [0.1, 0.15) is 5.54 Å². The van der Waals surface area contributed by atoms with Crippen LogP contribution in [0.25, 0.3) is 0 Å². The molecule has 0 radical (unpaired) electrons. The van der Waals surface area contributed by atoms with Gasteiger partial charge in [-0.25, -0.2) is 0 Å². The van der Waals surface area contributed by atoms with Crippen LogP contribution in [0.5, 0.6) is 0 Å². The van der Waals surface area contributed by atoms with Crippen LogP contribution in [-0.2, 0) is 24.7 Å². The van der Waals surface area contributed by atoms with Crippen molar-refractivity contribution in [1.82, 2.24) is 10.2 Å². The minimum atomic E-state index is -1.19. The molecule has 4 rings (SSSR count). The first-order chi connectivity index (χ1) is 12.9. The molecule has 2 N–H and O–H groups in total. The van der Waals surface area contributed by atoms with Gasteiger partial charge in [0, 0.05) is 24.4 Å². The summed E-state index contributed by atoms with van der Waals surface area (Å²) in [6, 6.07) is 7.18. The van der Waals surface area contributed by atoms with Crippen molar-refractivity contribution in [3.8, 4) is 0 Å². The van der Waals surface area contributed by atoms with Gasteiger partial charge < -0.3 is 10.1 Å². The number of amides is 3. The lowest BCUT2D eigenvalue weighted by molar-refractivity contribution is -0.143. The number of nitrogens with zero attached hydrogens (tertiary/aromatic N) is 1. The van der Waals surface area contributed by atoms with Crippen LogP contribution in [0, 0.1) is 17.8 Å². The van der Waals surface area contributed by atoms with Crippen molar-refractivity contribution in [2.45, 2.75) is 31.8 Å². The SMILES string of the molecule is COCCN1C(=O)C2C(CC(C)C)NC3(C(=O)Nc4ccccc43)C2C1=O. The molecule has 1 aromatic carbocycles. The Morgan fingerprint density at radius 3 is 2.63 bits per heavy atom. The van der Waals surface area contributed by atoms with Crippen LogP contribution in [0.1, 0.15) is 25.8 Å². The Balaban J connectivity index is 1.82. The number of hydrogen-bond donors (Lipinski definition) is 2. The van der Waals surface area contributed by atoms with Gasteiger partial charge in [-0.2, -0.15) is 0 Å². The number of fused-ring (bicyclic) bond motifs is 4. The molecule has 3 amide bonds. The molecule has 27 heavy (non-hydrogen) atoms. The van der Waals surface area contributed by atoms with E-state index < -0.39 is 17.4 Å². The average molecular weight is 371 g/mol. The molecule has 0 aliphatic carbocycles. The fourth-order valence-corrected chi connectivity index (χ4v) is 4.93. The first-order valence-electron chi connectivity index (χ1n) is 9.44. The number of likely N-dealkylation sites (tertiary alicyclic amines) is 1. The van der Waals surface area contributed by atoms with Crippen molar-refractivity contribution in [2.75, 3.05) is 25.6 Å². The first kappa shape index (κ1) is 18.1. The summed E-state index contributed by atoms with van der Waals surface area (Å²) < 4.78 is 5.07. The van der Waals surface area contributed by atoms with Gasteiger partial charge >= 0.3 is 0 Å². The highest BCUT2D eigenvalue weighted by Crippen LogP contribution is 2.53. The molecule has 1 spiro atoms. The van der Waals surface area contributed by atoms with Gasteiger partial charge in [0.2, 0.25) is 17.7 Å². The second-order valence-electron chi connectivity index (χ2n) is 8.01. The van der Waals surface area contributed by atoms with E-state index in [4.69, 9.17) is 4.74 Å². The summed E-state index contributed by atoms with van der Waals surface area (Å²) >= 11 is 0. The summed E-state index contributed by atoms with van der Waals surface area (Å²) in [6.45, 7) is 4.66. The lowest BCUT2D eigenvalue weighted by Crippen LogP contribution is -2.53. The Kier molecular flexibility index (Phi) is 4.31. The lowest BCUT2D eigenvalue weighted by Gasteiger charge is -2.29. The van der Waals surface area contributed by atoms with Gasteiger partial charge in [-0.3, -0.25) is 24.6 Å². The largest absolute Gasteiger partial charge is 0.383 e. The smallest absolute Gasteiger partial charge is 0.250 e. The van der Waals surface area contributed by atoms with Crippen LogP contribution in [0.4, 0.5) is 5.69 Å². The van der Waals surface area contributed by atoms with Gasteiger partial charge in [0.05, 0.1) is 25.0 Å². The molecular weight excluding hydrogens is 346 g/mol. The summed E-state index contributed by atoms with van der Waals surface area (Å²) in [4.78, 5) is 40.8. The topological polar surface area (TPSA) is 87.7 Å². The molecule has 3 aliphatic rings. The number of benzene rings is 1. The van der Waals surface area contributed by atoms with Gasteiger partial charge in [-0.05, 0) is 18.4 Å². The number of carbonyl (C=O) groups excluding carboxylic acids is 3. The number of rotatable bonds is 5. The highest BCUT2D eigenvalue weighted by Gasteiger charge is 2.70. The molecule has 0 aromatic heterocycles. The summed E-state index contributed by atoms with van der Waals surface area (Å²) in [5.74, 6) is -1.67. The summed E-state index contributed by atoms with van der Waals surface area (Å²) in [7, 11) is 1.54. The van der Waals surface area contributed by atoms with Crippen molar-refractivity contribution in [1.29, 1.82) is 0 Å². The van der Waals surface area contributed by atoms with Crippen LogP contribution in [0.2, 0.25) is 0 Å². The zero-order valence-electron chi connectivity index (χ0n) is 15.8. The lowest BCUT2D eigenvalue weighted by atomic mass is 9.76. The Morgan fingerprint density at radius 2 is 1.93 bits per heavy atom. The standard InChI is InChI=1S/C20H25N3O4/c1-11(2)10-14-15-16(18(25)23(17(15)24)8-9-27-3)20(22-14)12-6-4-5-7-13(12)21-19(20)26/h4-7,11,14-16,22H,8-10H2,1-3H3,(H,21,26). The Morgan fingerprint density at radius 1 is 1.19 bits per heavy atom. The molecule has 1 aromatic rings.